The predicted octanol–water partition coefficient (Wildman–Crippen LogP) is 3.09. The van der Waals surface area contributed by atoms with E-state index in [4.69, 9.17) is 14.6 Å². The van der Waals surface area contributed by atoms with Gasteiger partial charge in [0.1, 0.15) is 11.6 Å². The number of para-hydroxylation sites is 1. The molecular weight excluding hydrogens is 348 g/mol. The molecule has 0 unspecified atom stereocenters. The minimum absolute atomic E-state index is 0.0829. The lowest BCUT2D eigenvalue weighted by Gasteiger charge is -2.11. The number of hydrogen-bond acceptors (Lipinski definition) is 5. The van der Waals surface area contributed by atoms with Crippen molar-refractivity contribution in [2.24, 2.45) is 0 Å². The maximum atomic E-state index is 12.3. The molecule has 1 amide bonds. The molecule has 2 aromatic carbocycles. The number of aliphatic carboxylic acids is 1. The number of rotatable bonds is 8. The molecule has 2 aromatic rings. The van der Waals surface area contributed by atoms with E-state index in [-0.39, 0.29) is 11.3 Å². The highest BCUT2D eigenvalue weighted by molar-refractivity contribution is 6.09. The number of hydrogen-bond donors (Lipinski definition) is 2. The maximum Gasteiger partial charge on any atom is 0.341 e. The first-order valence-corrected chi connectivity index (χ1v) is 8.13. The number of carbonyl (C=O) groups is 2. The smallest absolute Gasteiger partial charge is 0.341 e. The van der Waals surface area contributed by atoms with Crippen LogP contribution in [0.15, 0.2) is 54.1 Å². The lowest BCUT2D eigenvalue weighted by Crippen LogP contribution is -2.13. The van der Waals surface area contributed by atoms with Crippen LogP contribution in [0, 0.1) is 11.3 Å². The number of ether oxygens (including phenoxy) is 2. The summed E-state index contributed by atoms with van der Waals surface area (Å²) in [4.78, 5) is 22.9. The number of nitriles is 1. The third-order valence-electron chi connectivity index (χ3n) is 3.33. The highest BCUT2D eigenvalue weighted by Crippen LogP contribution is 2.29. The molecule has 0 aliphatic rings. The van der Waals surface area contributed by atoms with E-state index >= 15 is 0 Å². The molecule has 0 saturated heterocycles. The third kappa shape index (κ3) is 5.90. The Morgan fingerprint density at radius 2 is 1.89 bits per heavy atom. The van der Waals surface area contributed by atoms with Crippen LogP contribution < -0.4 is 14.8 Å². The zero-order valence-corrected chi connectivity index (χ0v) is 14.6. The Labute approximate surface area is 156 Å². The number of nitrogens with zero attached hydrogens (tertiary/aromatic N) is 1. The van der Waals surface area contributed by atoms with Crippen LogP contribution in [-0.2, 0) is 9.59 Å². The van der Waals surface area contributed by atoms with Gasteiger partial charge in [-0.2, -0.15) is 5.26 Å². The highest BCUT2D eigenvalue weighted by Gasteiger charge is 2.12. The molecular formula is C20H18N2O5. The van der Waals surface area contributed by atoms with Crippen LogP contribution in [0.25, 0.3) is 6.08 Å². The average molecular weight is 366 g/mol. The topological polar surface area (TPSA) is 109 Å². The van der Waals surface area contributed by atoms with Crippen LogP contribution in [-0.4, -0.2) is 30.2 Å². The zero-order valence-electron chi connectivity index (χ0n) is 14.6. The van der Waals surface area contributed by atoms with Gasteiger partial charge in [0.2, 0.25) is 0 Å². The largest absolute Gasteiger partial charge is 0.490 e. The Bertz CT molecular complexity index is 885. The Kier molecular flexibility index (Phi) is 6.97. The second kappa shape index (κ2) is 9.63. The molecule has 0 atom stereocenters. The van der Waals surface area contributed by atoms with Gasteiger partial charge in [0.15, 0.2) is 18.1 Å². The molecule has 138 valence electrons. The van der Waals surface area contributed by atoms with E-state index < -0.39 is 18.5 Å². The zero-order chi connectivity index (χ0) is 19.6. The monoisotopic (exact) mass is 366 g/mol. The SMILES string of the molecule is CCOc1cc(C=C(C#N)C(=O)Nc2ccccc2)ccc1OCC(=O)O. The minimum Gasteiger partial charge on any atom is -0.490 e. The second-order valence-electron chi connectivity index (χ2n) is 5.31. The fraction of sp³-hybridized carbons (Fsp3) is 0.150. The summed E-state index contributed by atoms with van der Waals surface area (Å²) >= 11 is 0. The van der Waals surface area contributed by atoms with Crippen LogP contribution in [0.1, 0.15) is 12.5 Å². The summed E-state index contributed by atoms with van der Waals surface area (Å²) in [6.45, 7) is 1.62. The van der Waals surface area contributed by atoms with Crippen molar-refractivity contribution in [2.45, 2.75) is 6.92 Å². The van der Waals surface area contributed by atoms with Gasteiger partial charge in [0.05, 0.1) is 6.61 Å². The Morgan fingerprint density at radius 3 is 2.52 bits per heavy atom. The number of anilines is 1. The van der Waals surface area contributed by atoms with Crippen molar-refractivity contribution in [2.75, 3.05) is 18.5 Å². The van der Waals surface area contributed by atoms with Gasteiger partial charge in [-0.3, -0.25) is 4.79 Å². The van der Waals surface area contributed by atoms with Gasteiger partial charge in [-0.15, -0.1) is 0 Å². The van der Waals surface area contributed by atoms with Crippen LogP contribution in [0.2, 0.25) is 0 Å². The van der Waals surface area contributed by atoms with Gasteiger partial charge in [-0.25, -0.2) is 4.79 Å². The number of amides is 1. The molecule has 0 radical (unpaired) electrons. The van der Waals surface area contributed by atoms with E-state index in [2.05, 4.69) is 5.32 Å². The van der Waals surface area contributed by atoms with E-state index in [1.54, 1.807) is 43.3 Å². The maximum absolute atomic E-state index is 12.3. The van der Waals surface area contributed by atoms with Crippen molar-refractivity contribution in [1.29, 1.82) is 5.26 Å². The van der Waals surface area contributed by atoms with Crippen LogP contribution >= 0.6 is 0 Å². The molecule has 2 rings (SSSR count). The van der Waals surface area contributed by atoms with Gasteiger partial charge >= 0.3 is 5.97 Å². The molecule has 0 fully saturated rings. The molecule has 7 heteroatoms. The van der Waals surface area contributed by atoms with E-state index in [9.17, 15) is 14.9 Å². The lowest BCUT2D eigenvalue weighted by atomic mass is 10.1. The van der Waals surface area contributed by atoms with E-state index in [0.29, 0.717) is 23.6 Å². The first-order chi connectivity index (χ1) is 13.0. The summed E-state index contributed by atoms with van der Waals surface area (Å²) in [6.07, 6.45) is 1.42. The van der Waals surface area contributed by atoms with Gasteiger partial charge < -0.3 is 19.9 Å². The van der Waals surface area contributed by atoms with Gasteiger partial charge in [0, 0.05) is 5.69 Å². The molecule has 27 heavy (non-hydrogen) atoms. The summed E-state index contributed by atoms with van der Waals surface area (Å²) in [5, 5.41) is 20.7. The Balaban J connectivity index is 2.23. The molecule has 0 spiro atoms. The average Bonchev–Trinajstić information content (AvgIpc) is 2.66. The lowest BCUT2D eigenvalue weighted by molar-refractivity contribution is -0.139. The standard InChI is InChI=1S/C20H18N2O5/c1-2-26-18-11-14(8-9-17(18)27-13-19(23)24)10-15(12-21)20(25)22-16-6-4-3-5-7-16/h3-11H,2,13H2,1H3,(H,22,25)(H,23,24). The van der Waals surface area contributed by atoms with E-state index in [1.807, 2.05) is 12.1 Å². The summed E-state index contributed by atoms with van der Waals surface area (Å²) in [6, 6.07) is 15.4. The van der Waals surface area contributed by atoms with Crippen molar-refractivity contribution in [3.05, 3.63) is 59.7 Å². The highest BCUT2D eigenvalue weighted by atomic mass is 16.5. The van der Waals surface area contributed by atoms with Gasteiger partial charge in [0.25, 0.3) is 5.91 Å². The quantitative estimate of drug-likeness (QED) is 0.549. The second-order valence-corrected chi connectivity index (χ2v) is 5.31. The molecule has 2 N–H and O–H groups in total. The first-order valence-electron chi connectivity index (χ1n) is 8.13. The summed E-state index contributed by atoms with van der Waals surface area (Å²) < 4.78 is 10.6. The number of benzene rings is 2. The van der Waals surface area contributed by atoms with Crippen LogP contribution in [0.4, 0.5) is 5.69 Å². The Morgan fingerprint density at radius 1 is 1.15 bits per heavy atom. The third-order valence-corrected chi connectivity index (χ3v) is 3.33. The molecule has 0 aliphatic carbocycles. The van der Waals surface area contributed by atoms with Gasteiger partial charge in [-0.05, 0) is 42.8 Å². The number of carbonyl (C=O) groups excluding carboxylic acids is 1. The van der Waals surface area contributed by atoms with Gasteiger partial charge in [-0.1, -0.05) is 24.3 Å². The summed E-state index contributed by atoms with van der Waals surface area (Å²) in [7, 11) is 0. The summed E-state index contributed by atoms with van der Waals surface area (Å²) in [5.41, 5.74) is 1.04. The number of carboxylic acid groups (broad SMARTS) is 1. The van der Waals surface area contributed by atoms with Crippen LogP contribution in [0.3, 0.4) is 0 Å². The normalized spacial score (nSPS) is 10.6. The van der Waals surface area contributed by atoms with E-state index in [0.717, 1.165) is 0 Å². The van der Waals surface area contributed by atoms with Crippen molar-refractivity contribution >= 4 is 23.6 Å². The number of nitrogens with one attached hydrogen (secondary N) is 1. The minimum atomic E-state index is -1.11. The molecule has 0 saturated carbocycles. The summed E-state index contributed by atoms with van der Waals surface area (Å²) in [5.74, 6) is -1.05. The predicted molar refractivity (Wildman–Crippen MR) is 99.4 cm³/mol. The van der Waals surface area contributed by atoms with E-state index in [1.165, 1.54) is 12.1 Å². The van der Waals surface area contributed by atoms with Crippen molar-refractivity contribution in [3.8, 4) is 17.6 Å². The first kappa shape index (κ1) is 19.5. The fourth-order valence-electron chi connectivity index (χ4n) is 2.18. The van der Waals surface area contributed by atoms with Crippen molar-refractivity contribution in [3.63, 3.8) is 0 Å². The molecule has 0 aromatic heterocycles. The Hall–Kier alpha value is -3.79. The van der Waals surface area contributed by atoms with Crippen LogP contribution in [0.5, 0.6) is 11.5 Å². The molecule has 0 heterocycles. The van der Waals surface area contributed by atoms with Crippen molar-refractivity contribution in [1.82, 2.24) is 0 Å². The fourth-order valence-corrected chi connectivity index (χ4v) is 2.18. The molecule has 0 bridgehead atoms. The molecule has 0 aliphatic heterocycles. The number of carboxylic acids is 1. The molecule has 7 nitrogen and oxygen atoms in total. The van der Waals surface area contributed by atoms with Crippen molar-refractivity contribution < 1.29 is 24.2 Å².